The van der Waals surface area contributed by atoms with E-state index >= 15 is 0 Å². The maximum atomic E-state index is 13.9. The highest BCUT2D eigenvalue weighted by Crippen LogP contribution is 2.15. The first kappa shape index (κ1) is 24.3. The van der Waals surface area contributed by atoms with Crippen LogP contribution >= 0.6 is 0 Å². The largest absolute Gasteiger partial charge is 0.480 e. The number of alkyl halides is 1. The number of carboxylic acids is 1. The van der Waals surface area contributed by atoms with Gasteiger partial charge in [-0.2, -0.15) is 0 Å². The number of nitrogens with zero attached hydrogens (tertiary/aromatic N) is 2. The standard InChI is InChI=1S/C20H35FN4O3/c1-4-15-8-9-17(24-19(15)23-2)7-5-6-11-25(13-16(21)14-28-3)12-10-18(22)20(26)27/h8-9,16,18H,4-7,10-14,22H2,1-3H3,(H,23,24)(H,26,27). The van der Waals surface area contributed by atoms with Crippen LogP contribution in [0.25, 0.3) is 0 Å². The van der Waals surface area contributed by atoms with Gasteiger partial charge in [0, 0.05) is 32.9 Å². The predicted molar refractivity (Wildman–Crippen MR) is 110 cm³/mol. The van der Waals surface area contributed by atoms with Crippen molar-refractivity contribution in [2.45, 2.75) is 51.2 Å². The molecule has 0 bridgehead atoms. The number of hydrogen-bond acceptors (Lipinski definition) is 6. The van der Waals surface area contributed by atoms with Gasteiger partial charge in [0.05, 0.1) is 6.61 Å². The first-order valence-electron chi connectivity index (χ1n) is 9.91. The first-order chi connectivity index (χ1) is 13.4. The fourth-order valence-corrected chi connectivity index (χ4v) is 3.06. The number of nitrogens with two attached hydrogens (primary N) is 1. The number of hydrogen-bond donors (Lipinski definition) is 3. The van der Waals surface area contributed by atoms with Gasteiger partial charge in [0.15, 0.2) is 0 Å². The smallest absolute Gasteiger partial charge is 0.320 e. The van der Waals surface area contributed by atoms with Crippen LogP contribution in [-0.4, -0.2) is 73.6 Å². The normalized spacial score (nSPS) is 13.5. The Hall–Kier alpha value is -1.77. The van der Waals surface area contributed by atoms with E-state index in [1.54, 1.807) is 0 Å². The van der Waals surface area contributed by atoms with E-state index < -0.39 is 18.2 Å². The van der Waals surface area contributed by atoms with Crippen LogP contribution in [0.1, 0.15) is 37.4 Å². The molecular weight excluding hydrogens is 363 g/mol. The lowest BCUT2D eigenvalue weighted by Crippen LogP contribution is -2.39. The second-order valence-corrected chi connectivity index (χ2v) is 6.96. The van der Waals surface area contributed by atoms with Crippen LogP contribution in [0.4, 0.5) is 10.2 Å². The molecule has 0 aliphatic heterocycles. The van der Waals surface area contributed by atoms with Crippen molar-refractivity contribution in [2.24, 2.45) is 5.73 Å². The van der Waals surface area contributed by atoms with Crippen molar-refractivity contribution in [3.8, 4) is 0 Å². The van der Waals surface area contributed by atoms with Crippen LogP contribution in [0, 0.1) is 0 Å². The summed E-state index contributed by atoms with van der Waals surface area (Å²) in [6, 6.07) is 3.23. The van der Waals surface area contributed by atoms with Crippen molar-refractivity contribution in [1.29, 1.82) is 0 Å². The lowest BCUT2D eigenvalue weighted by atomic mass is 10.1. The molecule has 2 atom stereocenters. The van der Waals surface area contributed by atoms with E-state index in [2.05, 4.69) is 29.4 Å². The van der Waals surface area contributed by atoms with E-state index in [-0.39, 0.29) is 13.2 Å². The molecule has 4 N–H and O–H groups in total. The SMILES string of the molecule is CCc1ccc(CCCCN(CCC(N)C(=O)O)CC(F)COC)nc1NC. The Morgan fingerprint density at radius 2 is 2.14 bits per heavy atom. The number of halogens is 1. The molecule has 1 aromatic heterocycles. The lowest BCUT2D eigenvalue weighted by molar-refractivity contribution is -0.138. The Morgan fingerprint density at radius 3 is 2.75 bits per heavy atom. The van der Waals surface area contributed by atoms with Crippen LogP contribution in [0.3, 0.4) is 0 Å². The molecule has 0 amide bonds. The number of ether oxygens (including phenoxy) is 1. The van der Waals surface area contributed by atoms with Crippen molar-refractivity contribution in [1.82, 2.24) is 9.88 Å². The summed E-state index contributed by atoms with van der Waals surface area (Å²) in [7, 11) is 3.34. The quantitative estimate of drug-likeness (QED) is 0.389. The van der Waals surface area contributed by atoms with E-state index in [1.165, 1.54) is 12.7 Å². The van der Waals surface area contributed by atoms with E-state index in [4.69, 9.17) is 15.6 Å². The molecule has 28 heavy (non-hydrogen) atoms. The van der Waals surface area contributed by atoms with Gasteiger partial charge < -0.3 is 25.8 Å². The zero-order valence-corrected chi connectivity index (χ0v) is 17.3. The lowest BCUT2D eigenvalue weighted by Gasteiger charge is -2.24. The summed E-state index contributed by atoms with van der Waals surface area (Å²) in [6.07, 6.45) is 2.76. The number of pyridine rings is 1. The number of carbonyl (C=O) groups is 1. The minimum absolute atomic E-state index is 0.0297. The third-order valence-electron chi connectivity index (χ3n) is 4.69. The van der Waals surface area contributed by atoms with Crippen LogP contribution < -0.4 is 11.1 Å². The van der Waals surface area contributed by atoms with E-state index in [0.717, 1.165) is 37.2 Å². The minimum atomic E-state index is -1.10. The number of aromatic nitrogens is 1. The minimum Gasteiger partial charge on any atom is -0.480 e. The van der Waals surface area contributed by atoms with Gasteiger partial charge in [-0.15, -0.1) is 0 Å². The van der Waals surface area contributed by atoms with Gasteiger partial charge in [-0.3, -0.25) is 4.79 Å². The van der Waals surface area contributed by atoms with Gasteiger partial charge >= 0.3 is 5.97 Å². The molecule has 0 spiro atoms. The summed E-state index contributed by atoms with van der Waals surface area (Å²) in [5.74, 6) is -0.111. The fourth-order valence-electron chi connectivity index (χ4n) is 3.06. The third-order valence-corrected chi connectivity index (χ3v) is 4.69. The summed E-state index contributed by atoms with van der Waals surface area (Å²) < 4.78 is 18.8. The Morgan fingerprint density at radius 1 is 1.39 bits per heavy atom. The average molecular weight is 399 g/mol. The van der Waals surface area contributed by atoms with Crippen molar-refractivity contribution < 1.29 is 19.0 Å². The van der Waals surface area contributed by atoms with Crippen molar-refractivity contribution in [3.05, 3.63) is 23.4 Å². The number of anilines is 1. The second kappa shape index (κ2) is 13.4. The molecule has 1 aromatic rings. The molecule has 1 heterocycles. The molecular formula is C20H35FN4O3. The van der Waals surface area contributed by atoms with Gasteiger partial charge in [0.2, 0.25) is 0 Å². The summed E-state index contributed by atoms with van der Waals surface area (Å²) in [5, 5.41) is 12.1. The number of carboxylic acid groups (broad SMARTS) is 1. The molecule has 2 unspecified atom stereocenters. The van der Waals surface area contributed by atoms with Crippen molar-refractivity contribution in [2.75, 3.05) is 45.7 Å². The highest BCUT2D eigenvalue weighted by Gasteiger charge is 2.17. The summed E-state index contributed by atoms with van der Waals surface area (Å²) >= 11 is 0. The van der Waals surface area contributed by atoms with Crippen LogP contribution in [0.2, 0.25) is 0 Å². The van der Waals surface area contributed by atoms with Gasteiger partial charge in [-0.05, 0) is 50.3 Å². The van der Waals surface area contributed by atoms with Gasteiger partial charge in [-0.25, -0.2) is 9.37 Å². The predicted octanol–water partition coefficient (Wildman–Crippen LogP) is 2.10. The Kier molecular flexibility index (Phi) is 11.6. The monoisotopic (exact) mass is 398 g/mol. The fraction of sp³-hybridized carbons (Fsp3) is 0.700. The van der Waals surface area contributed by atoms with Gasteiger partial charge in [0.25, 0.3) is 0 Å². The summed E-state index contributed by atoms with van der Waals surface area (Å²) in [4.78, 5) is 17.5. The van der Waals surface area contributed by atoms with Gasteiger partial charge in [0.1, 0.15) is 18.0 Å². The molecule has 8 heteroatoms. The average Bonchev–Trinajstić information content (AvgIpc) is 2.68. The molecule has 0 aromatic carbocycles. The third kappa shape index (κ3) is 8.95. The van der Waals surface area contributed by atoms with Crippen molar-refractivity contribution >= 4 is 11.8 Å². The van der Waals surface area contributed by atoms with E-state index in [0.29, 0.717) is 19.5 Å². The van der Waals surface area contributed by atoms with Crippen molar-refractivity contribution in [3.63, 3.8) is 0 Å². The number of nitrogens with one attached hydrogen (secondary N) is 1. The number of unbranched alkanes of at least 4 members (excludes halogenated alkanes) is 1. The number of rotatable bonds is 15. The Balaban J connectivity index is 2.50. The Labute approximate surface area is 167 Å². The molecule has 0 saturated heterocycles. The van der Waals surface area contributed by atoms with Gasteiger partial charge in [-0.1, -0.05) is 13.0 Å². The maximum Gasteiger partial charge on any atom is 0.320 e. The second-order valence-electron chi connectivity index (χ2n) is 6.96. The summed E-state index contributed by atoms with van der Waals surface area (Å²) in [5.41, 5.74) is 7.80. The maximum absolute atomic E-state index is 13.9. The summed E-state index contributed by atoms with van der Waals surface area (Å²) in [6.45, 7) is 3.48. The molecule has 0 aliphatic rings. The highest BCUT2D eigenvalue weighted by molar-refractivity contribution is 5.72. The number of aryl methyl sites for hydroxylation is 2. The Bertz CT molecular complexity index is 589. The molecule has 0 aliphatic carbocycles. The molecule has 160 valence electrons. The molecule has 7 nitrogen and oxygen atoms in total. The highest BCUT2D eigenvalue weighted by atomic mass is 19.1. The van der Waals surface area contributed by atoms with Crippen LogP contribution in [0.5, 0.6) is 0 Å². The van der Waals surface area contributed by atoms with Crippen LogP contribution in [-0.2, 0) is 22.4 Å². The molecule has 1 rings (SSSR count). The molecule has 0 saturated carbocycles. The number of aliphatic carboxylic acids is 1. The van der Waals surface area contributed by atoms with E-state index in [9.17, 15) is 9.18 Å². The molecule has 0 fully saturated rings. The first-order valence-corrected chi connectivity index (χ1v) is 9.91. The zero-order chi connectivity index (χ0) is 20.9. The molecule has 0 radical (unpaired) electrons. The zero-order valence-electron chi connectivity index (χ0n) is 17.3. The van der Waals surface area contributed by atoms with E-state index in [1.807, 2.05) is 11.9 Å². The topological polar surface area (TPSA) is 101 Å². The number of methoxy groups -OCH3 is 1. The van der Waals surface area contributed by atoms with Crippen LogP contribution in [0.15, 0.2) is 12.1 Å².